The van der Waals surface area contributed by atoms with Crippen LogP contribution in [0.15, 0.2) is 0 Å². The van der Waals surface area contributed by atoms with Gasteiger partial charge in [-0.1, -0.05) is 20.8 Å². The molecule has 0 bridgehead atoms. The summed E-state index contributed by atoms with van der Waals surface area (Å²) in [6.45, 7) is 6.63. The third kappa shape index (κ3) is 2.05. The van der Waals surface area contributed by atoms with Crippen molar-refractivity contribution in [3.8, 4) is 0 Å². The summed E-state index contributed by atoms with van der Waals surface area (Å²) in [6, 6.07) is 0. The third-order valence-corrected chi connectivity index (χ3v) is 2.96. The highest BCUT2D eigenvalue weighted by Crippen LogP contribution is 2.43. The maximum Gasteiger partial charge on any atom is 0.123 e. The molecule has 0 amide bonds. The fourth-order valence-corrected chi connectivity index (χ4v) is 2.05. The summed E-state index contributed by atoms with van der Waals surface area (Å²) < 4.78 is 0. The minimum Gasteiger partial charge on any atom is -0.303 e. The Morgan fingerprint density at radius 2 is 2.18 bits per heavy atom. The lowest BCUT2D eigenvalue weighted by Crippen LogP contribution is -2.12. The van der Waals surface area contributed by atoms with Crippen molar-refractivity contribution in [1.82, 2.24) is 0 Å². The van der Waals surface area contributed by atoms with Gasteiger partial charge in [-0.2, -0.15) is 0 Å². The van der Waals surface area contributed by atoms with E-state index in [1.807, 2.05) is 6.92 Å². The average molecular weight is 154 g/mol. The van der Waals surface area contributed by atoms with Crippen LogP contribution >= 0.6 is 0 Å². The van der Waals surface area contributed by atoms with Crippen LogP contribution in [-0.4, -0.2) is 6.29 Å². The SMILES string of the molecule is CC(C=O)C1CCC(C)(C)C1. The molecule has 1 saturated carbocycles. The summed E-state index contributed by atoms with van der Waals surface area (Å²) in [5, 5.41) is 0. The van der Waals surface area contributed by atoms with E-state index in [9.17, 15) is 4.79 Å². The third-order valence-electron chi connectivity index (χ3n) is 2.96. The zero-order valence-electron chi connectivity index (χ0n) is 7.76. The molecule has 0 aromatic heterocycles. The summed E-state index contributed by atoms with van der Waals surface area (Å²) in [5.41, 5.74) is 0.488. The molecule has 1 fully saturated rings. The highest BCUT2D eigenvalue weighted by molar-refractivity contribution is 5.53. The Bertz CT molecular complexity index is 149. The molecular weight excluding hydrogens is 136 g/mol. The summed E-state index contributed by atoms with van der Waals surface area (Å²) in [6.07, 6.45) is 4.86. The van der Waals surface area contributed by atoms with Crippen molar-refractivity contribution in [3.63, 3.8) is 0 Å². The smallest absolute Gasteiger partial charge is 0.123 e. The average Bonchev–Trinajstić information content (AvgIpc) is 2.29. The molecule has 1 nitrogen and oxygen atoms in total. The quantitative estimate of drug-likeness (QED) is 0.559. The highest BCUT2D eigenvalue weighted by Gasteiger charge is 2.33. The van der Waals surface area contributed by atoms with Crippen molar-refractivity contribution in [2.45, 2.75) is 40.0 Å². The van der Waals surface area contributed by atoms with Gasteiger partial charge in [0.2, 0.25) is 0 Å². The minimum atomic E-state index is 0.275. The molecule has 0 saturated heterocycles. The monoisotopic (exact) mass is 154 g/mol. The summed E-state index contributed by atoms with van der Waals surface area (Å²) in [5.74, 6) is 0.930. The van der Waals surface area contributed by atoms with Crippen LogP contribution in [0.4, 0.5) is 0 Å². The fourth-order valence-electron chi connectivity index (χ4n) is 2.05. The minimum absolute atomic E-state index is 0.275. The van der Waals surface area contributed by atoms with Crippen LogP contribution in [0.25, 0.3) is 0 Å². The van der Waals surface area contributed by atoms with E-state index in [2.05, 4.69) is 13.8 Å². The predicted molar refractivity (Wildman–Crippen MR) is 46.4 cm³/mol. The molecule has 0 radical (unpaired) electrons. The van der Waals surface area contributed by atoms with Crippen LogP contribution in [0.5, 0.6) is 0 Å². The second kappa shape index (κ2) is 2.96. The Morgan fingerprint density at radius 1 is 1.55 bits per heavy atom. The van der Waals surface area contributed by atoms with E-state index < -0.39 is 0 Å². The van der Waals surface area contributed by atoms with Gasteiger partial charge in [0.1, 0.15) is 6.29 Å². The topological polar surface area (TPSA) is 17.1 Å². The molecule has 1 rings (SSSR count). The van der Waals surface area contributed by atoms with E-state index in [1.165, 1.54) is 19.3 Å². The molecule has 1 aliphatic carbocycles. The lowest BCUT2D eigenvalue weighted by molar-refractivity contribution is -0.112. The van der Waals surface area contributed by atoms with Gasteiger partial charge in [0, 0.05) is 5.92 Å². The van der Waals surface area contributed by atoms with Crippen molar-refractivity contribution >= 4 is 6.29 Å². The first kappa shape index (κ1) is 8.76. The summed E-state index contributed by atoms with van der Waals surface area (Å²) in [7, 11) is 0. The molecular formula is C10H18O. The van der Waals surface area contributed by atoms with Gasteiger partial charge in [0.25, 0.3) is 0 Å². The predicted octanol–water partition coefficient (Wildman–Crippen LogP) is 2.65. The van der Waals surface area contributed by atoms with Gasteiger partial charge in [-0.25, -0.2) is 0 Å². The van der Waals surface area contributed by atoms with Crippen LogP contribution in [-0.2, 0) is 4.79 Å². The van der Waals surface area contributed by atoms with Crippen LogP contribution in [0.3, 0.4) is 0 Å². The first-order chi connectivity index (χ1) is 5.05. The molecule has 2 atom stereocenters. The Hall–Kier alpha value is -0.330. The van der Waals surface area contributed by atoms with Gasteiger partial charge in [-0.05, 0) is 30.6 Å². The first-order valence-electron chi connectivity index (χ1n) is 4.50. The Balaban J connectivity index is 2.47. The Morgan fingerprint density at radius 3 is 2.55 bits per heavy atom. The summed E-state index contributed by atoms with van der Waals surface area (Å²) >= 11 is 0. The zero-order chi connectivity index (χ0) is 8.48. The normalized spacial score (nSPS) is 31.7. The summed E-state index contributed by atoms with van der Waals surface area (Å²) in [4.78, 5) is 10.5. The second-order valence-corrected chi connectivity index (χ2v) is 4.66. The van der Waals surface area contributed by atoms with Crippen molar-refractivity contribution in [1.29, 1.82) is 0 Å². The lowest BCUT2D eigenvalue weighted by Gasteiger charge is -2.18. The highest BCUT2D eigenvalue weighted by atomic mass is 16.1. The molecule has 0 aromatic carbocycles. The van der Waals surface area contributed by atoms with Gasteiger partial charge in [0.05, 0.1) is 0 Å². The molecule has 0 aromatic rings. The van der Waals surface area contributed by atoms with Crippen molar-refractivity contribution in [2.75, 3.05) is 0 Å². The standard InChI is InChI=1S/C10H18O/c1-8(7-11)9-4-5-10(2,3)6-9/h7-9H,4-6H2,1-3H3. The van der Waals surface area contributed by atoms with Crippen molar-refractivity contribution in [2.24, 2.45) is 17.3 Å². The molecule has 11 heavy (non-hydrogen) atoms. The number of carbonyl (C=O) groups excluding carboxylic acids is 1. The fraction of sp³-hybridized carbons (Fsp3) is 0.900. The molecule has 64 valence electrons. The van der Waals surface area contributed by atoms with E-state index >= 15 is 0 Å². The van der Waals surface area contributed by atoms with Crippen LogP contribution in [0.1, 0.15) is 40.0 Å². The van der Waals surface area contributed by atoms with Crippen molar-refractivity contribution < 1.29 is 4.79 Å². The Kier molecular flexibility index (Phi) is 2.36. The van der Waals surface area contributed by atoms with Gasteiger partial charge in [-0.15, -0.1) is 0 Å². The first-order valence-corrected chi connectivity index (χ1v) is 4.50. The van der Waals surface area contributed by atoms with E-state index in [1.54, 1.807) is 0 Å². The number of hydrogen-bond donors (Lipinski definition) is 0. The molecule has 1 aliphatic rings. The van der Waals surface area contributed by atoms with E-state index in [-0.39, 0.29) is 5.92 Å². The second-order valence-electron chi connectivity index (χ2n) is 4.66. The molecule has 0 N–H and O–H groups in total. The van der Waals surface area contributed by atoms with Crippen LogP contribution < -0.4 is 0 Å². The molecule has 1 heteroatoms. The Labute approximate surface area is 69.2 Å². The largest absolute Gasteiger partial charge is 0.303 e. The van der Waals surface area contributed by atoms with Gasteiger partial charge < -0.3 is 4.79 Å². The van der Waals surface area contributed by atoms with E-state index in [0.717, 1.165) is 6.29 Å². The number of rotatable bonds is 2. The van der Waals surface area contributed by atoms with Crippen LogP contribution in [0, 0.1) is 17.3 Å². The number of hydrogen-bond acceptors (Lipinski definition) is 1. The van der Waals surface area contributed by atoms with E-state index in [0.29, 0.717) is 11.3 Å². The zero-order valence-corrected chi connectivity index (χ0v) is 7.76. The number of aldehydes is 1. The lowest BCUT2D eigenvalue weighted by atomic mass is 9.87. The molecule has 0 spiro atoms. The maximum absolute atomic E-state index is 10.5. The molecule has 2 unspecified atom stereocenters. The number of carbonyl (C=O) groups is 1. The van der Waals surface area contributed by atoms with Crippen molar-refractivity contribution in [3.05, 3.63) is 0 Å². The van der Waals surface area contributed by atoms with E-state index in [4.69, 9.17) is 0 Å². The molecule has 0 aliphatic heterocycles. The maximum atomic E-state index is 10.5. The van der Waals surface area contributed by atoms with Gasteiger partial charge in [-0.3, -0.25) is 0 Å². The molecule has 0 heterocycles. The van der Waals surface area contributed by atoms with Gasteiger partial charge in [0.15, 0.2) is 0 Å². The van der Waals surface area contributed by atoms with Crippen LogP contribution in [0.2, 0.25) is 0 Å². The van der Waals surface area contributed by atoms with Gasteiger partial charge >= 0.3 is 0 Å².